The number of hydrogen-bond acceptors (Lipinski definition) is 4. The number of hydrazine groups is 2. The zero-order chi connectivity index (χ0) is 27.5. The summed E-state index contributed by atoms with van der Waals surface area (Å²) in [5.41, 5.74) is 8.89. The maximum Gasteiger partial charge on any atom is 0.204 e. The lowest BCUT2D eigenvalue weighted by atomic mass is 9.81. The molecule has 2 saturated carbocycles. The van der Waals surface area contributed by atoms with Gasteiger partial charge in [-0.3, -0.25) is 0 Å². The van der Waals surface area contributed by atoms with Gasteiger partial charge in [-0.05, 0) is 112 Å². The third-order valence-electron chi connectivity index (χ3n) is 10.7. The molecule has 0 unspecified atom stereocenters. The van der Waals surface area contributed by atoms with Crippen LogP contribution in [-0.2, 0) is 5.41 Å². The Balaban J connectivity index is 1.28. The van der Waals surface area contributed by atoms with Crippen LogP contribution in [0.2, 0.25) is 0 Å². The van der Waals surface area contributed by atoms with E-state index in [-0.39, 0.29) is 16.5 Å². The summed E-state index contributed by atoms with van der Waals surface area (Å²) >= 11 is 0. The minimum Gasteiger partial charge on any atom is -0.0920 e. The van der Waals surface area contributed by atoms with Gasteiger partial charge in [0.25, 0.3) is 0 Å². The summed E-state index contributed by atoms with van der Waals surface area (Å²) in [5.74, 6) is 0. The molecule has 4 nitrogen and oxygen atoms in total. The molecule has 4 bridgehead atoms. The molecule has 4 heteroatoms. The predicted octanol–water partition coefficient (Wildman–Crippen LogP) is 8.22. The lowest BCUT2D eigenvalue weighted by Gasteiger charge is -2.49. The fourth-order valence-corrected chi connectivity index (χ4v) is 9.21. The molecule has 7 aliphatic rings. The molecule has 0 aromatic heterocycles. The van der Waals surface area contributed by atoms with Crippen molar-refractivity contribution < 1.29 is 0 Å². The van der Waals surface area contributed by atoms with E-state index in [0.29, 0.717) is 24.2 Å². The van der Waals surface area contributed by atoms with Gasteiger partial charge >= 0.3 is 0 Å². The monoisotopic (exact) mass is 526 g/mol. The third kappa shape index (κ3) is 3.92. The molecule has 39 heavy (non-hydrogen) atoms. The predicted molar refractivity (Wildman–Crippen MR) is 163 cm³/mol. The Morgan fingerprint density at radius 3 is 1.28 bits per heavy atom. The van der Waals surface area contributed by atoms with Crippen molar-refractivity contribution in [1.82, 2.24) is 20.0 Å². The summed E-state index contributed by atoms with van der Waals surface area (Å²) in [7, 11) is 0. The average Bonchev–Trinajstić information content (AvgIpc) is 3.13. The van der Waals surface area contributed by atoms with Crippen LogP contribution in [0.5, 0.6) is 0 Å². The molecule has 2 aromatic rings. The van der Waals surface area contributed by atoms with Crippen LogP contribution < -0.4 is 10.0 Å². The first kappa shape index (κ1) is 26.2. The van der Waals surface area contributed by atoms with Crippen molar-refractivity contribution in [3.63, 3.8) is 0 Å². The van der Waals surface area contributed by atoms with E-state index in [1.165, 1.54) is 85.0 Å². The fraction of sp³-hybridized carbons (Fsp3) is 0.657. The Hall–Kier alpha value is -1.72. The number of rotatable bonds is 2. The van der Waals surface area contributed by atoms with Crippen LogP contribution in [0.15, 0.2) is 36.4 Å². The van der Waals surface area contributed by atoms with Gasteiger partial charge < -0.3 is 0 Å². The molecule has 2 radical (unpaired) electrons. The molecule has 0 amide bonds. The second kappa shape index (κ2) is 8.64. The van der Waals surface area contributed by atoms with Gasteiger partial charge in [0.2, 0.25) is 11.4 Å². The van der Waals surface area contributed by atoms with Gasteiger partial charge in [0.15, 0.2) is 12.1 Å². The van der Waals surface area contributed by atoms with Crippen LogP contribution >= 0.6 is 0 Å². The quantitative estimate of drug-likeness (QED) is 0.367. The minimum absolute atomic E-state index is 0.0145. The van der Waals surface area contributed by atoms with E-state index in [4.69, 9.17) is 0 Å². The van der Waals surface area contributed by atoms with Gasteiger partial charge in [-0.25, -0.2) is 0 Å². The Bertz CT molecular complexity index is 1170. The van der Waals surface area contributed by atoms with E-state index in [1.807, 2.05) is 0 Å². The lowest BCUT2D eigenvalue weighted by Crippen LogP contribution is -2.68. The van der Waals surface area contributed by atoms with Crippen LogP contribution in [0, 0.1) is 0 Å². The summed E-state index contributed by atoms with van der Waals surface area (Å²) < 4.78 is 0. The molecule has 4 saturated heterocycles. The molecule has 0 atom stereocenters. The molecular weight excluding hydrogens is 476 g/mol. The number of fused-ring (bicyclic) bond motifs is 9. The number of anilines is 2. The first-order chi connectivity index (χ1) is 18.4. The van der Waals surface area contributed by atoms with Crippen LogP contribution in [0.25, 0.3) is 11.1 Å². The Morgan fingerprint density at radius 1 is 0.590 bits per heavy atom. The zero-order valence-electron chi connectivity index (χ0n) is 25.7. The first-order valence-corrected chi connectivity index (χ1v) is 15.8. The maximum atomic E-state index is 2.73. The lowest BCUT2D eigenvalue weighted by molar-refractivity contribution is -0.108. The van der Waals surface area contributed by atoms with E-state index in [9.17, 15) is 0 Å². The van der Waals surface area contributed by atoms with Crippen molar-refractivity contribution in [3.05, 3.63) is 47.5 Å². The Morgan fingerprint density at radius 2 is 0.949 bits per heavy atom. The van der Waals surface area contributed by atoms with E-state index in [2.05, 4.69) is 112 Å². The largest absolute Gasteiger partial charge is 0.204 e. The van der Waals surface area contributed by atoms with Gasteiger partial charge in [-0.1, -0.05) is 23.9 Å². The topological polar surface area (TPSA) is 18.3 Å². The second-order valence-electron chi connectivity index (χ2n) is 15.7. The highest BCUT2D eigenvalue weighted by atomic mass is 15.7. The van der Waals surface area contributed by atoms with E-state index >= 15 is 0 Å². The van der Waals surface area contributed by atoms with E-state index in [1.54, 1.807) is 0 Å². The van der Waals surface area contributed by atoms with E-state index < -0.39 is 0 Å². The van der Waals surface area contributed by atoms with E-state index in [0.717, 1.165) is 0 Å². The molecule has 6 fully saturated rings. The Labute approximate surface area is 237 Å². The van der Waals surface area contributed by atoms with Gasteiger partial charge in [0.1, 0.15) is 0 Å². The second-order valence-corrected chi connectivity index (χ2v) is 15.7. The molecule has 208 valence electrons. The Kier molecular flexibility index (Phi) is 5.81. The normalized spacial score (nSPS) is 31.1. The van der Waals surface area contributed by atoms with Crippen molar-refractivity contribution in [1.29, 1.82) is 0 Å². The van der Waals surface area contributed by atoms with Crippen molar-refractivity contribution in [2.45, 2.75) is 147 Å². The molecule has 2 aromatic carbocycles. The minimum atomic E-state index is -0.0145. The summed E-state index contributed by atoms with van der Waals surface area (Å²) in [6.07, 6.45) is 10.7. The summed E-state index contributed by atoms with van der Waals surface area (Å²) in [5, 5.41) is 10.9. The number of benzene rings is 2. The van der Waals surface area contributed by atoms with Crippen LogP contribution in [0.4, 0.5) is 11.4 Å². The summed E-state index contributed by atoms with van der Waals surface area (Å²) in [6.45, 7) is 19.3. The summed E-state index contributed by atoms with van der Waals surface area (Å²) in [4.78, 5) is 0. The van der Waals surface area contributed by atoms with Gasteiger partial charge in [-0.2, -0.15) is 0 Å². The maximum absolute atomic E-state index is 2.73. The molecule has 9 rings (SSSR count). The highest BCUT2D eigenvalue weighted by molar-refractivity contribution is 5.83. The van der Waals surface area contributed by atoms with Crippen LogP contribution in [0.3, 0.4) is 0 Å². The van der Waals surface area contributed by atoms with Gasteiger partial charge in [-0.15, -0.1) is 0 Å². The third-order valence-corrected chi connectivity index (χ3v) is 10.7. The molecule has 3 aliphatic carbocycles. The SMILES string of the molecule is CC1(C)c2cc([N+]3C4CCC(CC4)N3C(C)(C)C)ccc2-c2ccc([N+]3C4CCC(CC4)N3C(C)(C)C)cc21. The molecular formula is C35H50N4+2. The first-order valence-electron chi connectivity index (χ1n) is 15.8. The molecule has 4 aliphatic heterocycles. The van der Waals surface area contributed by atoms with Gasteiger partial charge in [0.05, 0.1) is 23.2 Å². The smallest absolute Gasteiger partial charge is 0.0920 e. The average molecular weight is 527 g/mol. The fourth-order valence-electron chi connectivity index (χ4n) is 9.21. The molecule has 0 N–H and O–H groups in total. The van der Waals surface area contributed by atoms with Crippen LogP contribution in [0.1, 0.15) is 118 Å². The van der Waals surface area contributed by atoms with Crippen molar-refractivity contribution in [2.75, 3.05) is 0 Å². The van der Waals surface area contributed by atoms with Crippen molar-refractivity contribution in [2.24, 2.45) is 0 Å². The van der Waals surface area contributed by atoms with Gasteiger partial charge in [0, 0.05) is 55.4 Å². The number of nitrogens with zero attached hydrogens (tertiary/aromatic N) is 4. The van der Waals surface area contributed by atoms with Crippen molar-refractivity contribution >= 4 is 11.4 Å². The number of hydrogen-bond donors (Lipinski definition) is 0. The van der Waals surface area contributed by atoms with Crippen LogP contribution in [-0.4, -0.2) is 45.3 Å². The summed E-state index contributed by atoms with van der Waals surface area (Å²) in [6, 6.07) is 17.4. The standard InChI is InChI=1S/C35H50N4/c1-33(2,3)38-25-13-9-23(10-14-25)36(38)27-17-19-29-30-20-18-28(22-32(30)35(7,8)31(29)21-27)37-24-11-15-26(16-12-24)39(37)34(4,5)6/h17-26H,9-16H2,1-8H3/q+2. The molecule has 0 spiro atoms. The highest BCUT2D eigenvalue weighted by Gasteiger charge is 2.56. The highest BCUT2D eigenvalue weighted by Crippen LogP contribution is 2.53. The zero-order valence-corrected chi connectivity index (χ0v) is 25.7. The van der Waals surface area contributed by atoms with Crippen molar-refractivity contribution in [3.8, 4) is 11.1 Å². The molecule has 4 heterocycles.